The summed E-state index contributed by atoms with van der Waals surface area (Å²) in [5, 5.41) is 19.5. The quantitative estimate of drug-likeness (QED) is 0.431. The third-order valence-corrected chi connectivity index (χ3v) is 2.77. The van der Waals surface area contributed by atoms with E-state index in [0.29, 0.717) is 19.4 Å². The number of nitrogens with two attached hydrogens (primary N) is 1. The second-order valence-corrected chi connectivity index (χ2v) is 4.09. The van der Waals surface area contributed by atoms with Crippen molar-refractivity contribution in [2.75, 3.05) is 19.7 Å². The van der Waals surface area contributed by atoms with Crippen molar-refractivity contribution >= 4 is 17.8 Å². The first kappa shape index (κ1) is 14.4. The van der Waals surface area contributed by atoms with Crippen LogP contribution < -0.4 is 11.1 Å². The number of hydrogen-bond acceptors (Lipinski definition) is 5. The number of amides is 2. The van der Waals surface area contributed by atoms with E-state index in [1.165, 1.54) is 4.90 Å². The maximum absolute atomic E-state index is 11.8. The second-order valence-electron chi connectivity index (χ2n) is 4.09. The van der Waals surface area contributed by atoms with Crippen LogP contribution in [0, 0.1) is 0 Å². The molecule has 8 heteroatoms. The van der Waals surface area contributed by atoms with Crippen molar-refractivity contribution in [1.29, 1.82) is 0 Å². The Morgan fingerprint density at radius 1 is 1.44 bits per heavy atom. The molecule has 0 spiro atoms. The molecule has 18 heavy (non-hydrogen) atoms. The fourth-order valence-corrected chi connectivity index (χ4v) is 1.87. The van der Waals surface area contributed by atoms with Crippen LogP contribution >= 0.6 is 0 Å². The van der Waals surface area contributed by atoms with Gasteiger partial charge < -0.3 is 26.2 Å². The molecule has 5 N–H and O–H groups in total. The summed E-state index contributed by atoms with van der Waals surface area (Å²) in [6, 6.07) is -1.74. The number of nitrogens with one attached hydrogen (secondary N) is 1. The molecule has 0 aliphatic carbocycles. The minimum atomic E-state index is -1.15. The highest BCUT2D eigenvalue weighted by atomic mass is 16.4. The summed E-state index contributed by atoms with van der Waals surface area (Å²) >= 11 is 0. The van der Waals surface area contributed by atoms with E-state index < -0.39 is 43.0 Å². The van der Waals surface area contributed by atoms with Crippen LogP contribution in [0.4, 0.5) is 0 Å². The molecular formula is C10H17N3O5. The standard InChI is InChI=1S/C10H17N3O5/c11-6(5-14)10(18)13-3-1-2-7(13)9(17)12-4-8(15)16/h6-7,14H,1-5,11H2,(H,12,17)(H,15,16)/t6-,7-/m0/s1. The molecule has 2 amide bonds. The van der Waals surface area contributed by atoms with Crippen LogP contribution in [-0.2, 0) is 14.4 Å². The van der Waals surface area contributed by atoms with Gasteiger partial charge in [0.15, 0.2) is 0 Å². The van der Waals surface area contributed by atoms with Crippen molar-refractivity contribution < 1.29 is 24.6 Å². The summed E-state index contributed by atoms with van der Waals surface area (Å²) in [5.41, 5.74) is 5.41. The maximum Gasteiger partial charge on any atom is 0.322 e. The highest BCUT2D eigenvalue weighted by Gasteiger charge is 2.35. The van der Waals surface area contributed by atoms with Crippen LogP contribution in [0.15, 0.2) is 0 Å². The van der Waals surface area contributed by atoms with Gasteiger partial charge >= 0.3 is 5.97 Å². The SMILES string of the molecule is N[C@@H](CO)C(=O)N1CCC[C@H]1C(=O)NCC(=O)O. The highest BCUT2D eigenvalue weighted by Crippen LogP contribution is 2.18. The molecule has 0 aromatic rings. The van der Waals surface area contributed by atoms with E-state index in [4.69, 9.17) is 15.9 Å². The first-order valence-electron chi connectivity index (χ1n) is 5.63. The summed E-state index contributed by atoms with van der Waals surface area (Å²) in [7, 11) is 0. The van der Waals surface area contributed by atoms with Gasteiger partial charge in [-0.15, -0.1) is 0 Å². The number of nitrogens with zero attached hydrogens (tertiary/aromatic N) is 1. The van der Waals surface area contributed by atoms with Gasteiger partial charge in [-0.25, -0.2) is 0 Å². The van der Waals surface area contributed by atoms with Crippen molar-refractivity contribution in [2.45, 2.75) is 24.9 Å². The Morgan fingerprint density at radius 2 is 2.11 bits per heavy atom. The van der Waals surface area contributed by atoms with Gasteiger partial charge in [0.2, 0.25) is 11.8 Å². The number of hydrogen-bond donors (Lipinski definition) is 4. The van der Waals surface area contributed by atoms with E-state index in [1.54, 1.807) is 0 Å². The first-order valence-corrected chi connectivity index (χ1v) is 5.63. The van der Waals surface area contributed by atoms with E-state index in [2.05, 4.69) is 5.32 Å². The molecule has 0 aromatic heterocycles. The van der Waals surface area contributed by atoms with E-state index in [-0.39, 0.29) is 0 Å². The van der Waals surface area contributed by atoms with E-state index in [0.717, 1.165) is 0 Å². The monoisotopic (exact) mass is 259 g/mol. The predicted molar refractivity (Wildman–Crippen MR) is 60.4 cm³/mol. The molecule has 0 saturated carbocycles. The van der Waals surface area contributed by atoms with Gasteiger partial charge in [0, 0.05) is 6.54 Å². The average molecular weight is 259 g/mol. The van der Waals surface area contributed by atoms with Crippen LogP contribution in [0.25, 0.3) is 0 Å². The van der Waals surface area contributed by atoms with Crippen molar-refractivity contribution in [1.82, 2.24) is 10.2 Å². The fraction of sp³-hybridized carbons (Fsp3) is 0.700. The second kappa shape index (κ2) is 6.31. The highest BCUT2D eigenvalue weighted by molar-refractivity contribution is 5.91. The minimum absolute atomic E-state index is 0.387. The van der Waals surface area contributed by atoms with E-state index in [1.807, 2.05) is 0 Å². The summed E-state index contributed by atoms with van der Waals surface area (Å²) in [6.07, 6.45) is 1.12. The van der Waals surface area contributed by atoms with Gasteiger partial charge in [0.1, 0.15) is 18.6 Å². The van der Waals surface area contributed by atoms with Crippen LogP contribution in [0.3, 0.4) is 0 Å². The van der Waals surface area contributed by atoms with Gasteiger partial charge in [0.25, 0.3) is 0 Å². The molecule has 0 aromatic carbocycles. The maximum atomic E-state index is 11.8. The Kier molecular flexibility index (Phi) is 5.05. The molecule has 0 unspecified atom stereocenters. The number of rotatable bonds is 5. The topological polar surface area (TPSA) is 133 Å². The van der Waals surface area contributed by atoms with Crippen LogP contribution in [-0.4, -0.2) is 64.7 Å². The van der Waals surface area contributed by atoms with Gasteiger partial charge in [-0.1, -0.05) is 0 Å². The van der Waals surface area contributed by atoms with Crippen LogP contribution in [0.5, 0.6) is 0 Å². The minimum Gasteiger partial charge on any atom is -0.480 e. The number of carbonyl (C=O) groups excluding carboxylic acids is 2. The fourth-order valence-electron chi connectivity index (χ4n) is 1.87. The number of carbonyl (C=O) groups is 3. The Hall–Kier alpha value is -1.67. The van der Waals surface area contributed by atoms with E-state index >= 15 is 0 Å². The van der Waals surface area contributed by atoms with Crippen molar-refractivity contribution in [3.8, 4) is 0 Å². The molecule has 1 rings (SSSR count). The summed E-state index contributed by atoms with van der Waals surface area (Å²) in [5.74, 6) is -2.15. The third kappa shape index (κ3) is 3.41. The molecule has 0 bridgehead atoms. The molecule has 1 heterocycles. The van der Waals surface area contributed by atoms with Gasteiger partial charge in [-0.2, -0.15) is 0 Å². The molecule has 1 saturated heterocycles. The van der Waals surface area contributed by atoms with E-state index in [9.17, 15) is 14.4 Å². The molecule has 1 aliphatic heterocycles. The lowest BCUT2D eigenvalue weighted by Crippen LogP contribution is -2.52. The molecular weight excluding hydrogens is 242 g/mol. The lowest BCUT2D eigenvalue weighted by Gasteiger charge is -2.25. The normalized spacial score (nSPS) is 20.6. The largest absolute Gasteiger partial charge is 0.480 e. The lowest BCUT2D eigenvalue weighted by molar-refractivity contribution is -0.141. The molecule has 2 atom stereocenters. The van der Waals surface area contributed by atoms with Gasteiger partial charge in [0.05, 0.1) is 6.61 Å². The number of aliphatic hydroxyl groups is 1. The Morgan fingerprint density at radius 3 is 2.67 bits per heavy atom. The Labute approximate surface area is 104 Å². The zero-order chi connectivity index (χ0) is 13.7. The zero-order valence-corrected chi connectivity index (χ0v) is 9.83. The summed E-state index contributed by atoms with van der Waals surface area (Å²) in [4.78, 5) is 35.1. The third-order valence-electron chi connectivity index (χ3n) is 2.77. The van der Waals surface area contributed by atoms with Crippen molar-refractivity contribution in [2.24, 2.45) is 5.73 Å². The van der Waals surface area contributed by atoms with Crippen LogP contribution in [0.1, 0.15) is 12.8 Å². The molecule has 0 radical (unpaired) electrons. The lowest BCUT2D eigenvalue weighted by atomic mass is 10.2. The number of aliphatic carboxylic acids is 1. The molecule has 8 nitrogen and oxygen atoms in total. The predicted octanol–water partition coefficient (Wildman–Crippen LogP) is -2.50. The molecule has 102 valence electrons. The van der Waals surface area contributed by atoms with Crippen LogP contribution in [0.2, 0.25) is 0 Å². The Balaban J connectivity index is 2.61. The van der Waals surface area contributed by atoms with Gasteiger partial charge in [-0.05, 0) is 12.8 Å². The zero-order valence-electron chi connectivity index (χ0n) is 9.83. The van der Waals surface area contributed by atoms with Gasteiger partial charge in [-0.3, -0.25) is 14.4 Å². The van der Waals surface area contributed by atoms with Crippen molar-refractivity contribution in [3.05, 3.63) is 0 Å². The summed E-state index contributed by atoms with van der Waals surface area (Å²) in [6.45, 7) is -0.583. The smallest absolute Gasteiger partial charge is 0.322 e. The van der Waals surface area contributed by atoms with Crippen molar-refractivity contribution in [3.63, 3.8) is 0 Å². The number of aliphatic hydroxyl groups excluding tert-OH is 1. The average Bonchev–Trinajstić information content (AvgIpc) is 2.82. The number of carboxylic acids is 1. The summed E-state index contributed by atoms with van der Waals surface area (Å²) < 4.78 is 0. The molecule has 1 aliphatic rings. The number of likely N-dealkylation sites (tertiary alicyclic amines) is 1. The first-order chi connectivity index (χ1) is 8.47. The Bertz CT molecular complexity index is 346. The number of carboxylic acid groups (broad SMARTS) is 1. The molecule has 1 fully saturated rings.